The van der Waals surface area contributed by atoms with Gasteiger partial charge in [-0.2, -0.15) is 0 Å². The Morgan fingerprint density at radius 2 is 2.71 bits per heavy atom. The molecule has 1 aromatic heterocycles. The molecule has 0 aliphatic carbocycles. The van der Waals surface area contributed by atoms with E-state index in [1.54, 1.807) is 12.5 Å². The van der Waals surface area contributed by atoms with Crippen LogP contribution in [0.25, 0.3) is 0 Å². The molecule has 0 amide bonds. The van der Waals surface area contributed by atoms with E-state index < -0.39 is 0 Å². The summed E-state index contributed by atoms with van der Waals surface area (Å²) in [5.74, 6) is 1.43. The Morgan fingerprint density at radius 1 is 1.79 bits per heavy atom. The lowest BCUT2D eigenvalue weighted by Crippen LogP contribution is -2.29. The van der Waals surface area contributed by atoms with Gasteiger partial charge >= 0.3 is 0 Å². The monoisotopic (exact) mass is 195 g/mol. The fraction of sp³-hybridized carbons (Fsp3) is 0.700. The van der Waals surface area contributed by atoms with E-state index >= 15 is 0 Å². The molecule has 0 aromatic carbocycles. The fourth-order valence-electron chi connectivity index (χ4n) is 2.03. The average molecular weight is 195 g/mol. The molecule has 0 radical (unpaired) electrons. The van der Waals surface area contributed by atoms with E-state index in [9.17, 15) is 0 Å². The van der Waals surface area contributed by atoms with Crippen LogP contribution in [0, 0.1) is 5.92 Å². The van der Waals surface area contributed by atoms with Gasteiger partial charge in [-0.05, 0) is 32.0 Å². The van der Waals surface area contributed by atoms with Gasteiger partial charge in [-0.15, -0.1) is 0 Å². The molecule has 2 unspecified atom stereocenters. The minimum atomic E-state index is 0.269. The van der Waals surface area contributed by atoms with Crippen LogP contribution in [-0.2, 0) is 0 Å². The Kier molecular flexibility index (Phi) is 3.16. The van der Waals surface area contributed by atoms with Crippen molar-refractivity contribution in [3.05, 3.63) is 18.4 Å². The van der Waals surface area contributed by atoms with Gasteiger partial charge < -0.3 is 15.1 Å². The zero-order valence-electron chi connectivity index (χ0n) is 8.49. The molecule has 78 valence electrons. The molecule has 2 N–H and O–H groups in total. The maximum Gasteiger partial charge on any atom is 0.211 e. The van der Waals surface area contributed by atoms with Crippen molar-refractivity contribution >= 4 is 0 Å². The van der Waals surface area contributed by atoms with Gasteiger partial charge in [-0.1, -0.05) is 6.92 Å². The van der Waals surface area contributed by atoms with E-state index in [2.05, 4.69) is 22.5 Å². The highest BCUT2D eigenvalue weighted by atomic mass is 16.3. The predicted octanol–water partition coefficient (Wildman–Crippen LogP) is 0.935. The highest BCUT2D eigenvalue weighted by Crippen LogP contribution is 2.25. The van der Waals surface area contributed by atoms with Crippen LogP contribution >= 0.6 is 0 Å². The van der Waals surface area contributed by atoms with E-state index in [1.165, 1.54) is 6.42 Å². The summed E-state index contributed by atoms with van der Waals surface area (Å²) in [6.45, 7) is 5.22. The van der Waals surface area contributed by atoms with Crippen molar-refractivity contribution in [1.29, 1.82) is 0 Å². The highest BCUT2D eigenvalue weighted by Gasteiger charge is 2.28. The number of hydrogen-bond donors (Lipinski definition) is 2. The van der Waals surface area contributed by atoms with Crippen LogP contribution in [0.2, 0.25) is 0 Å². The summed E-state index contributed by atoms with van der Waals surface area (Å²) in [6, 6.07) is 0.269. The zero-order chi connectivity index (χ0) is 9.80. The molecule has 1 saturated heterocycles. The highest BCUT2D eigenvalue weighted by molar-refractivity contribution is 4.96. The van der Waals surface area contributed by atoms with Gasteiger partial charge in [0.2, 0.25) is 5.89 Å². The van der Waals surface area contributed by atoms with Gasteiger partial charge in [-0.3, -0.25) is 0 Å². The first-order valence-electron chi connectivity index (χ1n) is 5.25. The lowest BCUT2D eigenvalue weighted by atomic mass is 9.99. The van der Waals surface area contributed by atoms with Crippen LogP contribution in [0.15, 0.2) is 16.9 Å². The molecule has 0 bridgehead atoms. The maximum absolute atomic E-state index is 5.36. The molecule has 2 atom stereocenters. The van der Waals surface area contributed by atoms with Crippen molar-refractivity contribution in [2.24, 2.45) is 5.92 Å². The lowest BCUT2D eigenvalue weighted by molar-refractivity contribution is 0.318. The van der Waals surface area contributed by atoms with Gasteiger partial charge in [0, 0.05) is 0 Å². The van der Waals surface area contributed by atoms with Crippen molar-refractivity contribution in [3.63, 3.8) is 0 Å². The van der Waals surface area contributed by atoms with Gasteiger partial charge in [-0.25, -0.2) is 4.98 Å². The van der Waals surface area contributed by atoms with Crippen molar-refractivity contribution in [2.45, 2.75) is 19.4 Å². The third-order valence-electron chi connectivity index (χ3n) is 2.71. The van der Waals surface area contributed by atoms with Crippen LogP contribution in [0.1, 0.15) is 25.3 Å². The first-order chi connectivity index (χ1) is 6.92. The van der Waals surface area contributed by atoms with E-state index in [0.717, 1.165) is 25.5 Å². The summed E-state index contributed by atoms with van der Waals surface area (Å²) >= 11 is 0. The molecule has 1 aliphatic heterocycles. The molecule has 1 aromatic rings. The zero-order valence-corrected chi connectivity index (χ0v) is 8.49. The van der Waals surface area contributed by atoms with Gasteiger partial charge in [0.05, 0.1) is 12.2 Å². The second kappa shape index (κ2) is 4.57. The summed E-state index contributed by atoms with van der Waals surface area (Å²) in [6.07, 6.45) is 4.55. The number of hydrogen-bond acceptors (Lipinski definition) is 4. The second-order valence-electron chi connectivity index (χ2n) is 3.66. The second-order valence-corrected chi connectivity index (χ2v) is 3.66. The smallest absolute Gasteiger partial charge is 0.211 e. The molecule has 1 aliphatic rings. The third-order valence-corrected chi connectivity index (χ3v) is 2.71. The number of nitrogens with zero attached hydrogens (tertiary/aromatic N) is 1. The van der Waals surface area contributed by atoms with E-state index in [0.29, 0.717) is 5.92 Å². The fourth-order valence-corrected chi connectivity index (χ4v) is 2.03. The molecule has 14 heavy (non-hydrogen) atoms. The molecule has 2 heterocycles. The Labute approximate surface area is 84.1 Å². The molecule has 2 rings (SSSR count). The Hall–Kier alpha value is -0.870. The van der Waals surface area contributed by atoms with Crippen LogP contribution < -0.4 is 10.6 Å². The van der Waals surface area contributed by atoms with Crippen LogP contribution in [0.5, 0.6) is 0 Å². The van der Waals surface area contributed by atoms with Crippen LogP contribution in [-0.4, -0.2) is 24.6 Å². The largest absolute Gasteiger partial charge is 0.447 e. The summed E-state index contributed by atoms with van der Waals surface area (Å²) in [5, 5.41) is 6.79. The number of aromatic nitrogens is 1. The molecular weight excluding hydrogens is 178 g/mol. The number of rotatable bonds is 4. The van der Waals surface area contributed by atoms with Crippen molar-refractivity contribution in [3.8, 4) is 0 Å². The third kappa shape index (κ3) is 1.96. The molecule has 0 saturated carbocycles. The molecular formula is C10H17N3O. The van der Waals surface area contributed by atoms with Crippen LogP contribution in [0.3, 0.4) is 0 Å². The SMILES string of the molecule is CCNC(c1ncco1)C1CCNC1. The van der Waals surface area contributed by atoms with Gasteiger partial charge in [0.15, 0.2) is 0 Å². The summed E-state index contributed by atoms with van der Waals surface area (Å²) in [4.78, 5) is 4.22. The molecule has 1 fully saturated rings. The molecule has 4 heteroatoms. The van der Waals surface area contributed by atoms with E-state index in [1.807, 2.05) is 0 Å². The number of nitrogens with one attached hydrogen (secondary N) is 2. The Balaban J connectivity index is 2.06. The lowest BCUT2D eigenvalue weighted by Gasteiger charge is -2.20. The van der Waals surface area contributed by atoms with Gasteiger partial charge in [0.1, 0.15) is 6.26 Å². The van der Waals surface area contributed by atoms with Crippen molar-refractivity contribution < 1.29 is 4.42 Å². The topological polar surface area (TPSA) is 50.1 Å². The summed E-state index contributed by atoms with van der Waals surface area (Å²) < 4.78 is 5.36. The Bertz CT molecular complexity index is 254. The molecule has 0 spiro atoms. The van der Waals surface area contributed by atoms with Crippen LogP contribution in [0.4, 0.5) is 0 Å². The normalized spacial score (nSPS) is 23.9. The minimum Gasteiger partial charge on any atom is -0.447 e. The van der Waals surface area contributed by atoms with Crippen molar-refractivity contribution in [2.75, 3.05) is 19.6 Å². The summed E-state index contributed by atoms with van der Waals surface area (Å²) in [5.41, 5.74) is 0. The van der Waals surface area contributed by atoms with Gasteiger partial charge in [0.25, 0.3) is 0 Å². The number of oxazole rings is 1. The summed E-state index contributed by atoms with van der Waals surface area (Å²) in [7, 11) is 0. The maximum atomic E-state index is 5.36. The predicted molar refractivity (Wildman–Crippen MR) is 53.9 cm³/mol. The standard InChI is InChI=1S/C10H17N3O/c1-2-12-9(8-3-4-11-7-8)10-13-5-6-14-10/h5-6,8-9,11-12H,2-4,7H2,1H3. The first kappa shape index (κ1) is 9.68. The first-order valence-corrected chi connectivity index (χ1v) is 5.25. The average Bonchev–Trinajstić information content (AvgIpc) is 2.87. The van der Waals surface area contributed by atoms with E-state index in [-0.39, 0.29) is 6.04 Å². The Morgan fingerprint density at radius 3 is 3.29 bits per heavy atom. The van der Waals surface area contributed by atoms with E-state index in [4.69, 9.17) is 4.42 Å². The minimum absolute atomic E-state index is 0.269. The van der Waals surface area contributed by atoms with Crippen molar-refractivity contribution in [1.82, 2.24) is 15.6 Å². The molecule has 4 nitrogen and oxygen atoms in total. The quantitative estimate of drug-likeness (QED) is 0.750.